The molecule has 1 fully saturated rings. The highest BCUT2D eigenvalue weighted by Gasteiger charge is 2.51. The second-order valence-electron chi connectivity index (χ2n) is 4.63. The second kappa shape index (κ2) is 6.17. The summed E-state index contributed by atoms with van der Waals surface area (Å²) in [6.07, 6.45) is 1.67. The molecule has 0 aromatic heterocycles. The summed E-state index contributed by atoms with van der Waals surface area (Å²) in [5.74, 6) is 1.52. The summed E-state index contributed by atoms with van der Waals surface area (Å²) < 4.78 is 5.13. The first kappa shape index (κ1) is 14.7. The number of carbonyl (C=O) groups is 1. The van der Waals surface area contributed by atoms with Crippen molar-refractivity contribution >= 4 is 22.8 Å². The molecular weight excluding hydrogens is 274 g/mol. The molecule has 0 atom stereocenters. The summed E-state index contributed by atoms with van der Waals surface area (Å²) in [7, 11) is 1.62. The van der Waals surface area contributed by atoms with E-state index in [1.54, 1.807) is 7.11 Å². The Morgan fingerprint density at radius 3 is 2.60 bits per heavy atom. The molecule has 1 aromatic rings. The van der Waals surface area contributed by atoms with Crippen molar-refractivity contribution in [2.75, 3.05) is 12.9 Å². The summed E-state index contributed by atoms with van der Waals surface area (Å²) in [6.45, 7) is 1.98. The number of carbonyl (C=O) groups excluding carboxylic acids is 1. The normalized spacial score (nSPS) is 16.6. The van der Waals surface area contributed by atoms with E-state index in [1.165, 1.54) is 11.8 Å². The van der Waals surface area contributed by atoms with Crippen LogP contribution >= 0.6 is 11.8 Å². The van der Waals surface area contributed by atoms with Gasteiger partial charge in [-0.2, -0.15) is 0 Å². The lowest BCUT2D eigenvalue weighted by molar-refractivity contribution is -0.123. The largest absolute Gasteiger partial charge is 0.497 e. The Labute approximate surface area is 122 Å². The molecule has 0 spiro atoms. The van der Waals surface area contributed by atoms with Crippen LogP contribution in [0.4, 0.5) is 0 Å². The third-order valence-corrected chi connectivity index (χ3v) is 4.06. The van der Waals surface area contributed by atoms with E-state index in [0.29, 0.717) is 5.17 Å². The molecule has 0 radical (unpaired) electrons. The molecular formula is C14H19N3O2S. The van der Waals surface area contributed by atoms with Gasteiger partial charge in [-0.3, -0.25) is 4.79 Å². The fraction of sp³-hybridized carbons (Fsp3) is 0.429. The van der Waals surface area contributed by atoms with Gasteiger partial charge >= 0.3 is 0 Å². The fourth-order valence-corrected chi connectivity index (χ4v) is 2.48. The van der Waals surface area contributed by atoms with Crippen LogP contribution in [0.5, 0.6) is 5.75 Å². The quantitative estimate of drug-likeness (QED) is 0.493. The van der Waals surface area contributed by atoms with Gasteiger partial charge in [0.1, 0.15) is 5.75 Å². The van der Waals surface area contributed by atoms with Gasteiger partial charge in [0, 0.05) is 0 Å². The summed E-state index contributed by atoms with van der Waals surface area (Å²) in [4.78, 5) is 12.3. The first-order valence-electron chi connectivity index (χ1n) is 6.53. The first-order valence-corrected chi connectivity index (χ1v) is 7.52. The molecule has 108 valence electrons. The van der Waals surface area contributed by atoms with Crippen molar-refractivity contribution in [2.45, 2.75) is 25.2 Å². The van der Waals surface area contributed by atoms with E-state index in [1.807, 2.05) is 31.2 Å². The molecule has 0 saturated heterocycles. The molecule has 0 aliphatic heterocycles. The lowest BCUT2D eigenvalue weighted by Gasteiger charge is -2.14. The highest BCUT2D eigenvalue weighted by atomic mass is 32.2. The predicted molar refractivity (Wildman–Crippen MR) is 81.8 cm³/mol. The summed E-state index contributed by atoms with van der Waals surface area (Å²) >= 11 is 1.40. The predicted octanol–water partition coefficient (Wildman–Crippen LogP) is 1.83. The van der Waals surface area contributed by atoms with E-state index < -0.39 is 5.41 Å². The molecule has 1 amide bonds. The Morgan fingerprint density at radius 2 is 2.10 bits per heavy atom. The van der Waals surface area contributed by atoms with E-state index in [0.717, 1.165) is 29.9 Å². The van der Waals surface area contributed by atoms with Crippen LogP contribution in [0.15, 0.2) is 29.4 Å². The van der Waals surface area contributed by atoms with Crippen molar-refractivity contribution in [3.63, 3.8) is 0 Å². The van der Waals surface area contributed by atoms with Crippen molar-refractivity contribution in [3.8, 4) is 5.75 Å². The third-order valence-electron chi connectivity index (χ3n) is 3.39. The van der Waals surface area contributed by atoms with Crippen LogP contribution in [-0.4, -0.2) is 23.9 Å². The smallest absolute Gasteiger partial charge is 0.250 e. The maximum absolute atomic E-state index is 12.3. The molecule has 6 heteroatoms. The fourth-order valence-electron chi connectivity index (χ4n) is 2.07. The molecule has 20 heavy (non-hydrogen) atoms. The van der Waals surface area contributed by atoms with Crippen molar-refractivity contribution in [3.05, 3.63) is 29.8 Å². The number of nitrogens with zero attached hydrogens (tertiary/aromatic N) is 1. The van der Waals surface area contributed by atoms with E-state index in [-0.39, 0.29) is 5.91 Å². The Morgan fingerprint density at radius 1 is 1.45 bits per heavy atom. The van der Waals surface area contributed by atoms with E-state index in [4.69, 9.17) is 10.5 Å². The van der Waals surface area contributed by atoms with Crippen molar-refractivity contribution in [1.29, 1.82) is 0 Å². The van der Waals surface area contributed by atoms with Crippen LogP contribution in [-0.2, 0) is 10.2 Å². The van der Waals surface area contributed by atoms with E-state index in [2.05, 4.69) is 10.5 Å². The summed E-state index contributed by atoms with van der Waals surface area (Å²) in [6, 6.07) is 7.60. The molecule has 1 aliphatic carbocycles. The van der Waals surface area contributed by atoms with E-state index >= 15 is 0 Å². The molecule has 2 rings (SSSR count). The number of benzene rings is 1. The van der Waals surface area contributed by atoms with Gasteiger partial charge in [0.05, 0.1) is 12.5 Å². The van der Waals surface area contributed by atoms with E-state index in [9.17, 15) is 4.79 Å². The Kier molecular flexibility index (Phi) is 4.54. The number of methoxy groups -OCH3 is 1. The number of amidine groups is 1. The Balaban J connectivity index is 2.06. The number of amides is 1. The number of hydrogen-bond acceptors (Lipinski definition) is 4. The minimum absolute atomic E-state index is 0.0951. The van der Waals surface area contributed by atoms with Crippen LogP contribution < -0.4 is 15.9 Å². The average Bonchev–Trinajstić information content (AvgIpc) is 3.27. The number of hydrazone groups is 1. The topological polar surface area (TPSA) is 76.7 Å². The second-order valence-corrected chi connectivity index (χ2v) is 5.92. The SMILES string of the molecule is CCSC(N)=NNC(=O)C1(c2ccc(OC)cc2)CC1. The lowest BCUT2D eigenvalue weighted by atomic mass is 9.95. The average molecular weight is 293 g/mol. The zero-order chi connectivity index (χ0) is 14.6. The number of hydrogen-bond donors (Lipinski definition) is 2. The number of ether oxygens (including phenoxy) is 1. The molecule has 1 aromatic carbocycles. The van der Waals surface area contributed by atoms with Gasteiger partial charge in [-0.15, -0.1) is 5.10 Å². The van der Waals surface area contributed by atoms with Crippen molar-refractivity contribution in [1.82, 2.24) is 5.43 Å². The minimum Gasteiger partial charge on any atom is -0.497 e. The van der Waals surface area contributed by atoms with Crippen molar-refractivity contribution in [2.24, 2.45) is 10.8 Å². The number of rotatable bonds is 5. The molecule has 5 nitrogen and oxygen atoms in total. The van der Waals surface area contributed by atoms with Crippen LogP contribution in [0.2, 0.25) is 0 Å². The molecule has 0 unspecified atom stereocenters. The summed E-state index contributed by atoms with van der Waals surface area (Å²) in [5, 5.41) is 4.29. The molecule has 1 aliphatic rings. The maximum atomic E-state index is 12.3. The molecule has 0 bridgehead atoms. The number of thioether (sulfide) groups is 1. The first-order chi connectivity index (χ1) is 9.62. The molecule has 3 N–H and O–H groups in total. The lowest BCUT2D eigenvalue weighted by Crippen LogP contribution is -2.32. The van der Waals surface area contributed by atoms with Gasteiger partial charge in [0.2, 0.25) is 0 Å². The van der Waals surface area contributed by atoms with Gasteiger partial charge in [-0.1, -0.05) is 30.8 Å². The van der Waals surface area contributed by atoms with Gasteiger partial charge in [0.15, 0.2) is 5.17 Å². The van der Waals surface area contributed by atoms with Crippen LogP contribution in [0.25, 0.3) is 0 Å². The molecule has 0 heterocycles. The maximum Gasteiger partial charge on any atom is 0.250 e. The zero-order valence-corrected chi connectivity index (χ0v) is 12.5. The third kappa shape index (κ3) is 3.07. The standard InChI is InChI=1S/C14H19N3O2S/c1-3-20-13(15)17-16-12(18)14(8-9-14)10-4-6-11(19-2)7-5-10/h4-7H,3,8-9H2,1-2H3,(H2,15,17)(H,16,18). The van der Waals surface area contributed by atoms with Crippen LogP contribution in [0.1, 0.15) is 25.3 Å². The van der Waals surface area contributed by atoms with Crippen LogP contribution in [0.3, 0.4) is 0 Å². The monoisotopic (exact) mass is 293 g/mol. The van der Waals surface area contributed by atoms with Gasteiger partial charge in [-0.05, 0) is 36.3 Å². The minimum atomic E-state index is -0.451. The highest BCUT2D eigenvalue weighted by Crippen LogP contribution is 2.48. The molecule has 1 saturated carbocycles. The van der Waals surface area contributed by atoms with Gasteiger partial charge in [-0.25, -0.2) is 5.43 Å². The number of nitrogens with one attached hydrogen (secondary N) is 1. The Bertz CT molecular complexity index is 510. The van der Waals surface area contributed by atoms with Gasteiger partial charge in [0.25, 0.3) is 5.91 Å². The Hall–Kier alpha value is -1.69. The van der Waals surface area contributed by atoms with Crippen molar-refractivity contribution < 1.29 is 9.53 Å². The zero-order valence-electron chi connectivity index (χ0n) is 11.7. The summed E-state index contributed by atoms with van der Waals surface area (Å²) in [5.41, 5.74) is 8.77. The van der Waals surface area contributed by atoms with Gasteiger partial charge < -0.3 is 10.5 Å². The van der Waals surface area contributed by atoms with Crippen LogP contribution in [0, 0.1) is 0 Å². The highest BCUT2D eigenvalue weighted by molar-refractivity contribution is 8.13. The number of nitrogens with two attached hydrogens (primary N) is 1.